The Morgan fingerprint density at radius 2 is 0.336 bits per heavy atom. The largest absolute Gasteiger partial charge is 2.00 e. The number of nitrogens with zero attached hydrogens (tertiary/aromatic N) is 2. The van der Waals surface area contributed by atoms with E-state index in [1.807, 2.05) is 0 Å². The number of unbranched alkanes of at least 4 members (excludes halogenated alkanes) is 40. The summed E-state index contributed by atoms with van der Waals surface area (Å²) >= 11 is 0. The van der Waals surface area contributed by atoms with Crippen molar-refractivity contribution in [2.75, 3.05) is 52.9 Å². The minimum Gasteiger partial charge on any atom is -0.374 e. The average molecular weight is 1620 g/mol. The minimum atomic E-state index is -0.313. The van der Waals surface area contributed by atoms with E-state index in [1.54, 1.807) is 0 Å². The first kappa shape index (κ1) is 102. The molecule has 651 valence electrons. The zero-order valence-electron chi connectivity index (χ0n) is 76.0. The van der Waals surface area contributed by atoms with Crippen LogP contribution in [0.15, 0.2) is 24.3 Å². The van der Waals surface area contributed by atoms with E-state index in [-0.39, 0.29) is 65.9 Å². The van der Waals surface area contributed by atoms with Crippen LogP contribution in [0.5, 0.6) is 0 Å². The van der Waals surface area contributed by atoms with Crippen molar-refractivity contribution in [1.29, 1.82) is 0 Å². The molecular formula is C100H174CuN4O8+2. The third-order valence-corrected chi connectivity index (χ3v) is 23.7. The number of hydrogen-bond acceptors (Lipinski definition) is 10. The Labute approximate surface area is 705 Å². The molecular weight excluding hydrogens is 1450 g/mol. The Hall–Kier alpha value is -3.20. The predicted molar refractivity (Wildman–Crippen MR) is 481 cm³/mol. The van der Waals surface area contributed by atoms with Gasteiger partial charge in [-0.05, 0) is 131 Å². The first-order valence-electron chi connectivity index (χ1n) is 48.0. The Balaban J connectivity index is 0.0000269. The number of fused-ring (bicyclic) bond motifs is 8. The van der Waals surface area contributed by atoms with Crippen LogP contribution in [0.25, 0.3) is 44.4 Å². The van der Waals surface area contributed by atoms with Gasteiger partial charge in [0, 0.05) is 119 Å². The van der Waals surface area contributed by atoms with Crippen LogP contribution in [-0.2, 0) is 55.0 Å². The maximum Gasteiger partial charge on any atom is 2.00 e. The van der Waals surface area contributed by atoms with Gasteiger partial charge in [0.05, 0.1) is 71.6 Å². The smallest absolute Gasteiger partial charge is 0.374 e. The van der Waals surface area contributed by atoms with E-state index in [0.717, 1.165) is 192 Å². The van der Waals surface area contributed by atoms with Crippen molar-refractivity contribution in [3.05, 3.63) is 69.3 Å². The Kier molecular flexibility index (Phi) is 57.7. The Morgan fingerprint density at radius 3 is 0.487 bits per heavy atom. The van der Waals surface area contributed by atoms with Crippen LogP contribution >= 0.6 is 0 Å². The molecule has 113 heavy (non-hydrogen) atoms. The molecule has 2 aliphatic rings. The van der Waals surface area contributed by atoms with Gasteiger partial charge in [0.1, 0.15) is 0 Å². The summed E-state index contributed by atoms with van der Waals surface area (Å²) in [5.74, 6) is 0. The molecule has 8 bridgehead atoms. The summed E-state index contributed by atoms with van der Waals surface area (Å²) in [5.41, 5.74) is 16.0. The number of rotatable bonds is 72. The van der Waals surface area contributed by atoms with E-state index in [2.05, 4.69) is 145 Å². The van der Waals surface area contributed by atoms with Crippen LogP contribution < -0.4 is 0 Å². The van der Waals surface area contributed by atoms with E-state index in [0.29, 0.717) is 52.9 Å². The molecule has 8 unspecified atom stereocenters. The van der Waals surface area contributed by atoms with Crippen LogP contribution in [0, 0.1) is 0 Å². The second-order valence-corrected chi connectivity index (χ2v) is 33.8. The molecule has 8 atom stereocenters. The molecule has 5 heterocycles. The molecule has 13 heteroatoms. The molecule has 0 aromatic carbocycles. The fraction of sp³-hybridized carbons (Fsp3) is 0.800. The fourth-order valence-corrected chi connectivity index (χ4v) is 16.9. The third kappa shape index (κ3) is 38.0. The van der Waals surface area contributed by atoms with Gasteiger partial charge in [-0.2, -0.15) is 0 Å². The van der Waals surface area contributed by atoms with Gasteiger partial charge in [-0.15, -0.1) is 0 Å². The van der Waals surface area contributed by atoms with Crippen molar-refractivity contribution in [2.45, 2.75) is 468 Å². The molecule has 5 rings (SSSR count). The number of aromatic amines is 2. The van der Waals surface area contributed by atoms with Gasteiger partial charge in [0.25, 0.3) is 0 Å². The summed E-state index contributed by atoms with van der Waals surface area (Å²) in [4.78, 5) is 20.5. The molecule has 2 aliphatic heterocycles. The predicted octanol–water partition coefficient (Wildman–Crippen LogP) is 30.9. The van der Waals surface area contributed by atoms with E-state index in [1.165, 1.54) is 205 Å². The van der Waals surface area contributed by atoms with Gasteiger partial charge < -0.3 is 47.9 Å². The van der Waals surface area contributed by atoms with Gasteiger partial charge in [-0.3, -0.25) is 0 Å². The summed E-state index contributed by atoms with van der Waals surface area (Å²) < 4.78 is 57.9. The van der Waals surface area contributed by atoms with Crippen LogP contribution in [0.1, 0.15) is 488 Å². The van der Waals surface area contributed by atoms with E-state index in [9.17, 15) is 0 Å². The first-order valence-corrected chi connectivity index (χ1v) is 48.0. The summed E-state index contributed by atoms with van der Waals surface area (Å²) in [6, 6.07) is 9.39. The topological polar surface area (TPSA) is 131 Å². The monoisotopic (exact) mass is 1620 g/mol. The van der Waals surface area contributed by atoms with Crippen LogP contribution in [0.2, 0.25) is 0 Å². The van der Waals surface area contributed by atoms with Gasteiger partial charge in [-0.25, -0.2) is 9.97 Å². The Bertz CT molecular complexity index is 2740. The normalized spacial score (nSPS) is 14.8. The second-order valence-electron chi connectivity index (χ2n) is 33.8. The van der Waals surface area contributed by atoms with Crippen molar-refractivity contribution in [3.8, 4) is 0 Å². The number of nitrogens with one attached hydrogen (secondary N) is 2. The van der Waals surface area contributed by atoms with Gasteiger partial charge in [0.15, 0.2) is 0 Å². The summed E-state index contributed by atoms with van der Waals surface area (Å²) in [5, 5.41) is 0. The molecule has 0 saturated carbocycles. The molecule has 3 aromatic heterocycles. The van der Waals surface area contributed by atoms with Gasteiger partial charge in [-0.1, -0.05) is 312 Å². The molecule has 0 spiro atoms. The molecule has 0 saturated heterocycles. The molecule has 3 aromatic rings. The second kappa shape index (κ2) is 63.8. The molecule has 2 N–H and O–H groups in total. The van der Waals surface area contributed by atoms with Crippen molar-refractivity contribution in [1.82, 2.24) is 19.9 Å². The minimum absolute atomic E-state index is 0. The van der Waals surface area contributed by atoms with Gasteiger partial charge in [0.2, 0.25) is 0 Å². The van der Waals surface area contributed by atoms with Crippen LogP contribution in [-0.4, -0.2) is 97.2 Å². The molecule has 12 nitrogen and oxygen atoms in total. The van der Waals surface area contributed by atoms with Crippen LogP contribution in [0.4, 0.5) is 0 Å². The van der Waals surface area contributed by atoms with Crippen molar-refractivity contribution in [2.24, 2.45) is 0 Å². The van der Waals surface area contributed by atoms with E-state index < -0.39 is 0 Å². The van der Waals surface area contributed by atoms with E-state index >= 15 is 0 Å². The fourth-order valence-electron chi connectivity index (χ4n) is 16.9. The number of H-pyrrole nitrogens is 2. The van der Waals surface area contributed by atoms with Crippen molar-refractivity contribution < 1.29 is 55.0 Å². The molecule has 0 aliphatic carbocycles. The molecule has 0 amide bonds. The third-order valence-electron chi connectivity index (χ3n) is 23.7. The average Bonchev–Trinajstić information content (AvgIpc) is 1.59. The standard InChI is InChI=1S/C100H174N4O8.Cu/c1-17-25-33-41-49-57-65-105-77(9)93-85-73-87-95(79(11)107-67-59-51-43-35-27-19-3)97(81(13)109-69-61-53-45-37-29-21-5)89(102-87)75-91-99(83(15)111-71-63-55-47-39-31-23-7)100(84(16)112-72-64-56-48-40-32-24-8)92(104-91)76-90-98(82(14)110-70-62-54-46-38-30-22-6)96(80(12)108-68-60-52-44-36-28-20-4)88(103-90)74-86(101-85)94(93)78(10)106-66-58-50-42-34-26-18-2;/h73-84,101,104H,17-72H2,1-16H3;/q;+2. The summed E-state index contributed by atoms with van der Waals surface area (Å²) in [7, 11) is 0. The first-order chi connectivity index (χ1) is 54.7. The van der Waals surface area contributed by atoms with Crippen molar-refractivity contribution in [3.63, 3.8) is 0 Å². The van der Waals surface area contributed by atoms with Gasteiger partial charge >= 0.3 is 17.1 Å². The number of hydrogen-bond donors (Lipinski definition) is 2. The van der Waals surface area contributed by atoms with Crippen molar-refractivity contribution >= 4 is 44.4 Å². The number of ether oxygens (including phenoxy) is 8. The molecule has 0 fully saturated rings. The zero-order valence-corrected chi connectivity index (χ0v) is 76.9. The summed E-state index contributed by atoms with van der Waals surface area (Å²) in [6.07, 6.45) is 54.7. The maximum absolute atomic E-state index is 7.24. The van der Waals surface area contributed by atoms with E-state index in [4.69, 9.17) is 47.9 Å². The SMILES string of the molecule is CCCCCCCCOC(C)C1=C(C(C)OCCCCCCCC)c2cc3[nH]c(cc4nc(cc5[nH]c(cc1n2)c(C(C)OCCCCCCCC)c5C(C)OCCCCCCCC)C(C(C)OCCCCCCCC)=C4C(C)OCCCCCCCC)c(C(C)OCCCCCCCC)c3C(C)OCCCCCCCC.[Cu+2]. The Morgan fingerprint density at radius 1 is 0.204 bits per heavy atom. The maximum atomic E-state index is 7.24. The molecule has 1 radical (unpaired) electrons. The van der Waals surface area contributed by atoms with Crippen LogP contribution in [0.3, 0.4) is 0 Å². The number of aromatic nitrogens is 4. The quantitative estimate of drug-likeness (QED) is 0.0416. The summed E-state index contributed by atoms with van der Waals surface area (Å²) in [6.45, 7) is 41.9. The zero-order chi connectivity index (χ0) is 80.8.